The van der Waals surface area contributed by atoms with Crippen LogP contribution in [-0.2, 0) is 0 Å². The molecule has 0 saturated carbocycles. The number of hydrogen-bond acceptors (Lipinski definition) is 2. The molecule has 0 fully saturated rings. The Labute approximate surface area is 147 Å². The van der Waals surface area contributed by atoms with Gasteiger partial charge in [0, 0.05) is 24.0 Å². The highest BCUT2D eigenvalue weighted by molar-refractivity contribution is 6.06. The summed E-state index contributed by atoms with van der Waals surface area (Å²) in [6, 6.07) is 15.6. The molecule has 0 aliphatic heterocycles. The number of benzene rings is 2. The Morgan fingerprint density at radius 1 is 1.00 bits per heavy atom. The van der Waals surface area contributed by atoms with Crippen molar-refractivity contribution in [2.45, 2.75) is 0 Å². The van der Waals surface area contributed by atoms with Crippen LogP contribution in [-0.4, -0.2) is 15.3 Å². The van der Waals surface area contributed by atoms with Gasteiger partial charge in [0.05, 0.1) is 16.9 Å². The number of hydrogen-bond donors (Lipinski definition) is 1. The summed E-state index contributed by atoms with van der Waals surface area (Å²) in [6.45, 7) is 0. The summed E-state index contributed by atoms with van der Waals surface area (Å²) in [7, 11) is 0. The number of carbonyl (C=O) groups excluding carboxylic acids is 1. The topological polar surface area (TPSA) is 46.4 Å². The van der Waals surface area contributed by atoms with Crippen molar-refractivity contribution in [2.24, 2.45) is 0 Å². The van der Waals surface area contributed by atoms with Gasteiger partial charge in [-0.3, -0.25) is 4.79 Å². The van der Waals surface area contributed by atoms with E-state index in [9.17, 15) is 13.6 Å². The molecule has 0 bridgehead atoms. The predicted molar refractivity (Wildman–Crippen MR) is 94.9 cm³/mol. The Morgan fingerprint density at radius 2 is 1.81 bits per heavy atom. The van der Waals surface area contributed by atoms with Crippen LogP contribution in [0.25, 0.3) is 16.9 Å². The largest absolute Gasteiger partial charge is 0.321 e. The summed E-state index contributed by atoms with van der Waals surface area (Å²) in [5, 5.41) is 2.68. The highest BCUT2D eigenvalue weighted by atomic mass is 19.1. The van der Waals surface area contributed by atoms with Crippen LogP contribution in [0.5, 0.6) is 0 Å². The van der Waals surface area contributed by atoms with Gasteiger partial charge in [-0.05, 0) is 30.3 Å². The second kappa shape index (κ2) is 6.40. The summed E-state index contributed by atoms with van der Waals surface area (Å²) in [5.74, 6) is -2.30. The van der Waals surface area contributed by atoms with E-state index in [1.807, 2.05) is 47.1 Å². The lowest BCUT2D eigenvalue weighted by atomic mass is 10.1. The zero-order valence-corrected chi connectivity index (χ0v) is 13.5. The standard InChI is InChI=1S/C20H13F2N3O/c21-13-8-9-14(16(22)11-13)20(26)24-17-6-2-1-5-15(17)18-12-25-10-4-3-7-19(25)23-18/h1-12H,(H,24,26). The lowest BCUT2D eigenvalue weighted by molar-refractivity contribution is 0.102. The molecular weight excluding hydrogens is 336 g/mol. The van der Waals surface area contributed by atoms with Gasteiger partial charge >= 0.3 is 0 Å². The first kappa shape index (κ1) is 16.0. The Balaban J connectivity index is 1.70. The number of para-hydroxylation sites is 1. The highest BCUT2D eigenvalue weighted by Crippen LogP contribution is 2.28. The van der Waals surface area contributed by atoms with Crippen LogP contribution in [0.1, 0.15) is 10.4 Å². The number of amides is 1. The van der Waals surface area contributed by atoms with Crippen LogP contribution >= 0.6 is 0 Å². The summed E-state index contributed by atoms with van der Waals surface area (Å²) < 4.78 is 28.8. The Kier molecular flexibility index (Phi) is 3.93. The Bertz CT molecular complexity index is 1090. The highest BCUT2D eigenvalue weighted by Gasteiger charge is 2.15. The van der Waals surface area contributed by atoms with Crippen molar-refractivity contribution in [1.29, 1.82) is 0 Å². The van der Waals surface area contributed by atoms with Gasteiger partial charge in [0.25, 0.3) is 5.91 Å². The fraction of sp³-hybridized carbons (Fsp3) is 0. The molecule has 0 spiro atoms. The van der Waals surface area contributed by atoms with Crippen LogP contribution in [0, 0.1) is 11.6 Å². The summed E-state index contributed by atoms with van der Waals surface area (Å²) in [5.41, 5.74) is 2.41. The minimum Gasteiger partial charge on any atom is -0.321 e. The average molecular weight is 349 g/mol. The predicted octanol–water partition coefficient (Wildman–Crippen LogP) is 4.53. The molecule has 2 aromatic heterocycles. The molecule has 0 aliphatic rings. The number of halogens is 2. The van der Waals surface area contributed by atoms with Crippen molar-refractivity contribution < 1.29 is 13.6 Å². The van der Waals surface area contributed by atoms with Gasteiger partial charge in [-0.1, -0.05) is 24.3 Å². The number of carbonyl (C=O) groups is 1. The van der Waals surface area contributed by atoms with E-state index < -0.39 is 17.5 Å². The van der Waals surface area contributed by atoms with Gasteiger partial charge in [-0.2, -0.15) is 0 Å². The lowest BCUT2D eigenvalue weighted by Crippen LogP contribution is -2.14. The molecule has 0 radical (unpaired) electrons. The van der Waals surface area contributed by atoms with Crippen molar-refractivity contribution in [1.82, 2.24) is 9.38 Å². The fourth-order valence-electron chi connectivity index (χ4n) is 2.74. The number of imidazole rings is 1. The van der Waals surface area contributed by atoms with Crippen LogP contribution < -0.4 is 5.32 Å². The van der Waals surface area contributed by atoms with Gasteiger partial charge in [-0.15, -0.1) is 0 Å². The average Bonchev–Trinajstić information content (AvgIpc) is 3.06. The van der Waals surface area contributed by atoms with Gasteiger partial charge < -0.3 is 9.72 Å². The third kappa shape index (κ3) is 2.93. The summed E-state index contributed by atoms with van der Waals surface area (Å²) >= 11 is 0. The number of fused-ring (bicyclic) bond motifs is 1. The van der Waals surface area contributed by atoms with Gasteiger partial charge in [-0.25, -0.2) is 13.8 Å². The maximum absolute atomic E-state index is 13.9. The van der Waals surface area contributed by atoms with E-state index in [0.29, 0.717) is 23.0 Å². The van der Waals surface area contributed by atoms with Gasteiger partial charge in [0.15, 0.2) is 0 Å². The van der Waals surface area contributed by atoms with Crippen LogP contribution in [0.3, 0.4) is 0 Å². The van der Waals surface area contributed by atoms with E-state index in [4.69, 9.17) is 0 Å². The van der Waals surface area contributed by atoms with Crippen molar-refractivity contribution in [3.63, 3.8) is 0 Å². The van der Waals surface area contributed by atoms with Crippen molar-refractivity contribution in [3.05, 3.63) is 90.3 Å². The molecule has 2 aromatic carbocycles. The normalized spacial score (nSPS) is 10.8. The molecule has 4 aromatic rings. The maximum Gasteiger partial charge on any atom is 0.258 e. The van der Waals surface area contributed by atoms with E-state index in [1.165, 1.54) is 0 Å². The first-order valence-corrected chi connectivity index (χ1v) is 7.91. The molecule has 1 N–H and O–H groups in total. The number of aromatic nitrogens is 2. The number of pyridine rings is 1. The van der Waals surface area contributed by atoms with E-state index >= 15 is 0 Å². The molecule has 0 saturated heterocycles. The lowest BCUT2D eigenvalue weighted by Gasteiger charge is -2.10. The molecule has 6 heteroatoms. The number of nitrogens with zero attached hydrogens (tertiary/aromatic N) is 2. The summed E-state index contributed by atoms with van der Waals surface area (Å²) in [4.78, 5) is 16.9. The molecule has 26 heavy (non-hydrogen) atoms. The van der Waals surface area contributed by atoms with E-state index in [0.717, 1.165) is 17.8 Å². The minimum absolute atomic E-state index is 0.226. The molecule has 1 amide bonds. The molecule has 128 valence electrons. The van der Waals surface area contributed by atoms with Crippen molar-refractivity contribution in [3.8, 4) is 11.3 Å². The maximum atomic E-state index is 13.9. The van der Waals surface area contributed by atoms with Crippen molar-refractivity contribution >= 4 is 17.2 Å². The molecule has 4 rings (SSSR count). The Hall–Kier alpha value is -3.54. The van der Waals surface area contributed by atoms with E-state index in [1.54, 1.807) is 12.1 Å². The molecular formula is C20H13F2N3O. The molecule has 0 atom stereocenters. The van der Waals surface area contributed by atoms with Crippen LogP contribution in [0.4, 0.5) is 14.5 Å². The number of nitrogens with one attached hydrogen (secondary N) is 1. The Morgan fingerprint density at radius 3 is 2.62 bits per heavy atom. The molecule has 0 aliphatic carbocycles. The van der Waals surface area contributed by atoms with Crippen molar-refractivity contribution in [2.75, 3.05) is 5.32 Å². The summed E-state index contributed by atoms with van der Waals surface area (Å²) in [6.07, 6.45) is 3.72. The van der Waals surface area contributed by atoms with E-state index in [-0.39, 0.29) is 5.56 Å². The van der Waals surface area contributed by atoms with E-state index in [2.05, 4.69) is 10.3 Å². The first-order valence-electron chi connectivity index (χ1n) is 7.91. The minimum atomic E-state index is -0.910. The zero-order valence-electron chi connectivity index (χ0n) is 13.5. The third-order valence-corrected chi connectivity index (χ3v) is 3.99. The monoisotopic (exact) mass is 349 g/mol. The second-order valence-corrected chi connectivity index (χ2v) is 5.72. The first-order chi connectivity index (χ1) is 12.6. The quantitative estimate of drug-likeness (QED) is 0.591. The smallest absolute Gasteiger partial charge is 0.258 e. The molecule has 0 unspecified atom stereocenters. The van der Waals surface area contributed by atoms with Crippen LogP contribution in [0.2, 0.25) is 0 Å². The number of rotatable bonds is 3. The van der Waals surface area contributed by atoms with Crippen LogP contribution in [0.15, 0.2) is 73.1 Å². The number of anilines is 1. The molecule has 4 nitrogen and oxygen atoms in total. The zero-order chi connectivity index (χ0) is 18.1. The molecule has 2 heterocycles. The fourth-order valence-corrected chi connectivity index (χ4v) is 2.74. The SMILES string of the molecule is O=C(Nc1ccccc1-c1cn2ccccc2n1)c1ccc(F)cc1F. The van der Waals surface area contributed by atoms with Gasteiger partial charge in [0.1, 0.15) is 17.3 Å². The van der Waals surface area contributed by atoms with Gasteiger partial charge in [0.2, 0.25) is 0 Å². The second-order valence-electron chi connectivity index (χ2n) is 5.72. The third-order valence-electron chi connectivity index (χ3n) is 3.99.